The van der Waals surface area contributed by atoms with Crippen LogP contribution in [0.2, 0.25) is 0 Å². The third-order valence-electron chi connectivity index (χ3n) is 3.95. The fourth-order valence-corrected chi connectivity index (χ4v) is 3.64. The molecule has 2 aromatic rings. The first kappa shape index (κ1) is 17.9. The standard InChI is InChI=1S/C15H21N5OS.ClH/c1-11-3-4-13(22-11)9-19(2)15(21)14-10-20(18-17-14)12-5-7-16-8-6-12;/h3-4,10,12,16H,5-9H2,1-2H3;1H. The molecule has 1 N–H and O–H groups in total. The molecule has 0 spiro atoms. The van der Waals surface area contributed by atoms with Gasteiger partial charge in [-0.25, -0.2) is 4.68 Å². The minimum atomic E-state index is -0.0776. The number of aromatic nitrogens is 3. The molecule has 6 nitrogen and oxygen atoms in total. The van der Waals surface area contributed by atoms with Crippen molar-refractivity contribution in [3.05, 3.63) is 33.8 Å². The van der Waals surface area contributed by atoms with E-state index in [1.165, 1.54) is 9.75 Å². The zero-order chi connectivity index (χ0) is 15.5. The van der Waals surface area contributed by atoms with Gasteiger partial charge in [-0.05, 0) is 45.0 Å². The number of piperidine rings is 1. The van der Waals surface area contributed by atoms with Gasteiger partial charge in [0.1, 0.15) is 0 Å². The lowest BCUT2D eigenvalue weighted by Gasteiger charge is -2.22. The van der Waals surface area contributed by atoms with Crippen LogP contribution in [0, 0.1) is 6.92 Å². The van der Waals surface area contributed by atoms with Gasteiger partial charge in [0.05, 0.1) is 18.8 Å². The quantitative estimate of drug-likeness (QED) is 0.913. The molecule has 3 rings (SSSR count). The van der Waals surface area contributed by atoms with Crippen LogP contribution >= 0.6 is 23.7 Å². The third kappa shape index (κ3) is 4.31. The molecule has 2 aromatic heterocycles. The summed E-state index contributed by atoms with van der Waals surface area (Å²) >= 11 is 1.71. The molecule has 1 aliphatic heterocycles. The number of carbonyl (C=O) groups is 1. The molecular weight excluding hydrogens is 334 g/mol. The summed E-state index contributed by atoms with van der Waals surface area (Å²) in [5.41, 5.74) is 0.425. The number of rotatable bonds is 4. The lowest BCUT2D eigenvalue weighted by molar-refractivity contribution is 0.0780. The van der Waals surface area contributed by atoms with Gasteiger partial charge in [-0.3, -0.25) is 4.79 Å². The van der Waals surface area contributed by atoms with E-state index in [2.05, 4.69) is 34.7 Å². The van der Waals surface area contributed by atoms with E-state index in [0.29, 0.717) is 18.3 Å². The Morgan fingerprint density at radius 1 is 1.43 bits per heavy atom. The van der Waals surface area contributed by atoms with Gasteiger partial charge in [0.2, 0.25) is 0 Å². The van der Waals surface area contributed by atoms with E-state index in [0.717, 1.165) is 25.9 Å². The predicted molar refractivity (Wildman–Crippen MR) is 93.3 cm³/mol. The first-order valence-electron chi connectivity index (χ1n) is 7.57. The molecule has 1 aliphatic rings. The molecule has 0 atom stereocenters. The van der Waals surface area contributed by atoms with Gasteiger partial charge >= 0.3 is 0 Å². The molecule has 23 heavy (non-hydrogen) atoms. The minimum absolute atomic E-state index is 0. The average molecular weight is 356 g/mol. The van der Waals surface area contributed by atoms with Crippen molar-refractivity contribution in [1.29, 1.82) is 0 Å². The molecule has 3 heterocycles. The maximum absolute atomic E-state index is 12.5. The highest BCUT2D eigenvalue weighted by Crippen LogP contribution is 2.19. The maximum atomic E-state index is 12.5. The highest BCUT2D eigenvalue weighted by atomic mass is 35.5. The Bertz CT molecular complexity index is 650. The largest absolute Gasteiger partial charge is 0.335 e. The summed E-state index contributed by atoms with van der Waals surface area (Å²) in [4.78, 5) is 16.6. The van der Waals surface area contributed by atoms with Crippen molar-refractivity contribution in [3.8, 4) is 0 Å². The van der Waals surface area contributed by atoms with Crippen molar-refractivity contribution in [2.45, 2.75) is 32.4 Å². The first-order valence-corrected chi connectivity index (χ1v) is 8.38. The van der Waals surface area contributed by atoms with Gasteiger partial charge in [-0.15, -0.1) is 28.8 Å². The molecule has 0 unspecified atom stereocenters. The molecule has 0 bridgehead atoms. The van der Waals surface area contributed by atoms with Crippen LogP contribution in [0.3, 0.4) is 0 Å². The van der Waals surface area contributed by atoms with Gasteiger partial charge in [-0.1, -0.05) is 5.21 Å². The van der Waals surface area contributed by atoms with Gasteiger partial charge in [0, 0.05) is 16.8 Å². The number of nitrogens with one attached hydrogen (secondary N) is 1. The van der Waals surface area contributed by atoms with Crippen LogP contribution in [0.4, 0.5) is 0 Å². The number of hydrogen-bond acceptors (Lipinski definition) is 5. The molecule has 1 saturated heterocycles. The average Bonchev–Trinajstić information content (AvgIpc) is 3.17. The van der Waals surface area contributed by atoms with Crippen LogP contribution in [0.5, 0.6) is 0 Å². The van der Waals surface area contributed by atoms with Gasteiger partial charge in [-0.2, -0.15) is 0 Å². The van der Waals surface area contributed by atoms with Crippen molar-refractivity contribution in [2.24, 2.45) is 0 Å². The highest BCUT2D eigenvalue weighted by Gasteiger charge is 2.20. The number of carbonyl (C=O) groups excluding carboxylic acids is 1. The lowest BCUT2D eigenvalue weighted by atomic mass is 10.1. The monoisotopic (exact) mass is 355 g/mol. The molecule has 1 amide bonds. The Morgan fingerprint density at radius 2 is 2.17 bits per heavy atom. The SMILES string of the molecule is Cc1ccc(CN(C)C(=O)c2cn(C3CCNCC3)nn2)s1.Cl. The zero-order valence-corrected chi connectivity index (χ0v) is 15.0. The highest BCUT2D eigenvalue weighted by molar-refractivity contribution is 7.11. The van der Waals surface area contributed by atoms with E-state index >= 15 is 0 Å². The topological polar surface area (TPSA) is 63.1 Å². The van der Waals surface area contributed by atoms with Gasteiger partial charge < -0.3 is 10.2 Å². The van der Waals surface area contributed by atoms with Crippen molar-refractivity contribution in [1.82, 2.24) is 25.2 Å². The fraction of sp³-hybridized carbons (Fsp3) is 0.533. The summed E-state index contributed by atoms with van der Waals surface area (Å²) in [5.74, 6) is -0.0776. The van der Waals surface area contributed by atoms with Crippen molar-refractivity contribution < 1.29 is 4.79 Å². The summed E-state index contributed by atoms with van der Waals surface area (Å²) in [5, 5.41) is 11.5. The Hall–Kier alpha value is -1.44. The van der Waals surface area contributed by atoms with Crippen LogP contribution in [0.1, 0.15) is 39.1 Å². The third-order valence-corrected chi connectivity index (χ3v) is 4.93. The predicted octanol–water partition coefficient (Wildman–Crippen LogP) is 2.27. The number of halogens is 1. The van der Waals surface area contributed by atoms with Gasteiger partial charge in [0.15, 0.2) is 5.69 Å². The first-order chi connectivity index (χ1) is 10.6. The summed E-state index contributed by atoms with van der Waals surface area (Å²) in [6, 6.07) is 4.49. The number of hydrogen-bond donors (Lipinski definition) is 1. The maximum Gasteiger partial charge on any atom is 0.276 e. The van der Waals surface area contributed by atoms with Crippen molar-refractivity contribution in [2.75, 3.05) is 20.1 Å². The van der Waals surface area contributed by atoms with Crippen LogP contribution in [-0.2, 0) is 6.54 Å². The van der Waals surface area contributed by atoms with Crippen molar-refractivity contribution in [3.63, 3.8) is 0 Å². The molecular formula is C15H22ClN5OS. The lowest BCUT2D eigenvalue weighted by Crippen LogP contribution is -2.29. The molecule has 8 heteroatoms. The second kappa shape index (κ2) is 7.90. The van der Waals surface area contributed by atoms with Crippen LogP contribution in [0.25, 0.3) is 0 Å². The van der Waals surface area contributed by atoms with E-state index < -0.39 is 0 Å². The molecule has 1 fully saturated rings. The summed E-state index contributed by atoms with van der Waals surface area (Å²) in [6.45, 7) is 4.66. The molecule has 0 aliphatic carbocycles. The Kier molecular flexibility index (Phi) is 6.15. The smallest absolute Gasteiger partial charge is 0.276 e. The summed E-state index contributed by atoms with van der Waals surface area (Å²) in [6.07, 6.45) is 3.84. The normalized spacial score (nSPS) is 15.2. The minimum Gasteiger partial charge on any atom is -0.335 e. The number of amides is 1. The number of aryl methyl sites for hydroxylation is 1. The second-order valence-electron chi connectivity index (χ2n) is 5.74. The van der Waals surface area contributed by atoms with Crippen LogP contribution in [-0.4, -0.2) is 45.9 Å². The summed E-state index contributed by atoms with van der Waals surface area (Å²) in [7, 11) is 1.81. The Balaban J connectivity index is 0.00000192. The number of thiophene rings is 1. The van der Waals surface area contributed by atoms with Crippen molar-refractivity contribution >= 4 is 29.7 Å². The molecule has 0 aromatic carbocycles. The molecule has 0 radical (unpaired) electrons. The van der Waals surface area contributed by atoms with E-state index in [1.54, 1.807) is 29.5 Å². The van der Waals surface area contributed by atoms with Crippen LogP contribution < -0.4 is 5.32 Å². The van der Waals surface area contributed by atoms with E-state index in [1.807, 2.05) is 4.68 Å². The molecule has 0 saturated carbocycles. The summed E-state index contributed by atoms with van der Waals surface area (Å²) < 4.78 is 1.84. The van der Waals surface area contributed by atoms with E-state index in [-0.39, 0.29) is 18.3 Å². The fourth-order valence-electron chi connectivity index (χ4n) is 2.70. The Morgan fingerprint density at radius 3 is 2.83 bits per heavy atom. The Labute approximate surface area is 146 Å². The zero-order valence-electron chi connectivity index (χ0n) is 13.4. The van der Waals surface area contributed by atoms with E-state index in [9.17, 15) is 4.79 Å². The van der Waals surface area contributed by atoms with Gasteiger partial charge in [0.25, 0.3) is 5.91 Å². The number of nitrogens with zero attached hydrogens (tertiary/aromatic N) is 4. The van der Waals surface area contributed by atoms with E-state index in [4.69, 9.17) is 0 Å². The molecule has 126 valence electrons. The second-order valence-corrected chi connectivity index (χ2v) is 7.11. The van der Waals surface area contributed by atoms with Crippen LogP contribution in [0.15, 0.2) is 18.3 Å².